The molecular formula is C14H24N2O5. The average Bonchev–Trinajstić information content (AvgIpc) is 2.90. The van der Waals surface area contributed by atoms with Gasteiger partial charge in [0.05, 0.1) is 12.5 Å². The summed E-state index contributed by atoms with van der Waals surface area (Å²) in [4.78, 5) is 33.7. The molecule has 2 atom stereocenters. The molecular weight excluding hydrogens is 276 g/mol. The van der Waals surface area contributed by atoms with E-state index in [1.165, 1.54) is 0 Å². The zero-order valence-electron chi connectivity index (χ0n) is 12.4. The van der Waals surface area contributed by atoms with Gasteiger partial charge in [0, 0.05) is 19.5 Å². The second kappa shape index (κ2) is 9.20. The van der Waals surface area contributed by atoms with Crippen LogP contribution in [0.5, 0.6) is 0 Å². The molecule has 1 fully saturated rings. The number of amides is 2. The van der Waals surface area contributed by atoms with Crippen LogP contribution in [0.4, 0.5) is 4.79 Å². The Hall–Kier alpha value is -1.79. The first-order chi connectivity index (χ1) is 10.0. The fourth-order valence-corrected chi connectivity index (χ4v) is 2.56. The van der Waals surface area contributed by atoms with Crippen molar-refractivity contribution in [2.24, 2.45) is 11.8 Å². The van der Waals surface area contributed by atoms with Gasteiger partial charge in [0.15, 0.2) is 0 Å². The molecule has 0 spiro atoms. The molecule has 0 aliphatic heterocycles. The van der Waals surface area contributed by atoms with E-state index in [9.17, 15) is 14.4 Å². The molecule has 0 aromatic heterocycles. The van der Waals surface area contributed by atoms with Crippen LogP contribution in [0.2, 0.25) is 0 Å². The fraction of sp³-hybridized carbons (Fsp3) is 0.786. The van der Waals surface area contributed by atoms with Crippen molar-refractivity contribution in [2.45, 2.75) is 39.0 Å². The third-order valence-electron chi connectivity index (χ3n) is 3.65. The van der Waals surface area contributed by atoms with E-state index in [0.29, 0.717) is 32.5 Å². The first-order valence-corrected chi connectivity index (χ1v) is 7.44. The van der Waals surface area contributed by atoms with E-state index in [-0.39, 0.29) is 30.3 Å². The van der Waals surface area contributed by atoms with Crippen molar-refractivity contribution in [1.82, 2.24) is 10.6 Å². The maximum absolute atomic E-state index is 11.6. The van der Waals surface area contributed by atoms with Gasteiger partial charge in [0.1, 0.15) is 0 Å². The van der Waals surface area contributed by atoms with Crippen LogP contribution in [-0.4, -0.2) is 42.8 Å². The number of hydrogen-bond donors (Lipinski definition) is 3. The number of esters is 1. The SMILES string of the molecule is CCOC(=O)CCCNC(=O)NCC1CCCC1C(=O)O. The lowest BCUT2D eigenvalue weighted by Crippen LogP contribution is -2.40. The predicted molar refractivity (Wildman–Crippen MR) is 75.7 cm³/mol. The highest BCUT2D eigenvalue weighted by Crippen LogP contribution is 2.31. The van der Waals surface area contributed by atoms with E-state index < -0.39 is 5.97 Å². The van der Waals surface area contributed by atoms with E-state index >= 15 is 0 Å². The summed E-state index contributed by atoms with van der Waals surface area (Å²) >= 11 is 0. The number of hydrogen-bond acceptors (Lipinski definition) is 4. The Balaban J connectivity index is 2.11. The highest BCUT2D eigenvalue weighted by Gasteiger charge is 2.32. The smallest absolute Gasteiger partial charge is 0.314 e. The van der Waals surface area contributed by atoms with Crippen molar-refractivity contribution in [3.8, 4) is 0 Å². The van der Waals surface area contributed by atoms with E-state index in [0.717, 1.165) is 12.8 Å². The van der Waals surface area contributed by atoms with Gasteiger partial charge in [0.2, 0.25) is 0 Å². The summed E-state index contributed by atoms with van der Waals surface area (Å²) in [6.45, 7) is 2.87. The van der Waals surface area contributed by atoms with Crippen molar-refractivity contribution in [2.75, 3.05) is 19.7 Å². The molecule has 120 valence electrons. The van der Waals surface area contributed by atoms with E-state index in [1.807, 2.05) is 0 Å². The van der Waals surface area contributed by atoms with Crippen LogP contribution < -0.4 is 10.6 Å². The number of carboxylic acids is 1. The summed E-state index contributed by atoms with van der Waals surface area (Å²) in [5.41, 5.74) is 0. The van der Waals surface area contributed by atoms with Gasteiger partial charge in [0.25, 0.3) is 0 Å². The minimum atomic E-state index is -0.783. The number of carbonyl (C=O) groups excluding carboxylic acids is 2. The van der Waals surface area contributed by atoms with E-state index in [4.69, 9.17) is 9.84 Å². The lowest BCUT2D eigenvalue weighted by molar-refractivity contribution is -0.144. The van der Waals surface area contributed by atoms with Gasteiger partial charge in [-0.05, 0) is 32.1 Å². The summed E-state index contributed by atoms with van der Waals surface area (Å²) in [7, 11) is 0. The number of nitrogens with one attached hydrogen (secondary N) is 2. The number of carbonyl (C=O) groups is 3. The predicted octanol–water partition coefficient (Wildman–Crippen LogP) is 1.13. The zero-order chi connectivity index (χ0) is 15.7. The molecule has 0 aromatic carbocycles. The Labute approximate surface area is 124 Å². The van der Waals surface area contributed by atoms with Crippen LogP contribution in [-0.2, 0) is 14.3 Å². The molecule has 21 heavy (non-hydrogen) atoms. The van der Waals surface area contributed by atoms with E-state index in [1.54, 1.807) is 6.92 Å². The Morgan fingerprint density at radius 3 is 2.67 bits per heavy atom. The standard InChI is InChI=1S/C14H24N2O5/c1-2-21-12(17)7-4-8-15-14(20)16-9-10-5-3-6-11(10)13(18)19/h10-11H,2-9H2,1H3,(H,18,19)(H2,15,16,20). The van der Waals surface area contributed by atoms with Crippen LogP contribution in [0.25, 0.3) is 0 Å². The first kappa shape index (κ1) is 17.3. The second-order valence-electron chi connectivity index (χ2n) is 5.18. The molecule has 0 radical (unpaired) electrons. The number of rotatable bonds is 8. The summed E-state index contributed by atoms with van der Waals surface area (Å²) in [6.07, 6.45) is 3.21. The van der Waals surface area contributed by atoms with Gasteiger partial charge in [-0.2, -0.15) is 0 Å². The first-order valence-electron chi connectivity index (χ1n) is 7.44. The van der Waals surface area contributed by atoms with Crippen molar-refractivity contribution in [1.29, 1.82) is 0 Å². The zero-order valence-corrected chi connectivity index (χ0v) is 12.4. The fourth-order valence-electron chi connectivity index (χ4n) is 2.56. The summed E-state index contributed by atoms with van der Waals surface area (Å²) < 4.78 is 4.78. The molecule has 1 rings (SSSR count). The number of urea groups is 1. The largest absolute Gasteiger partial charge is 0.481 e. The Morgan fingerprint density at radius 2 is 2.00 bits per heavy atom. The minimum absolute atomic E-state index is 0.00721. The lowest BCUT2D eigenvalue weighted by atomic mass is 9.96. The molecule has 1 saturated carbocycles. The van der Waals surface area contributed by atoms with Gasteiger partial charge >= 0.3 is 18.0 Å². The van der Waals surface area contributed by atoms with Gasteiger partial charge in [-0.3, -0.25) is 9.59 Å². The molecule has 1 aliphatic carbocycles. The van der Waals surface area contributed by atoms with Gasteiger partial charge in [-0.1, -0.05) is 6.42 Å². The van der Waals surface area contributed by atoms with Crippen LogP contribution in [0, 0.1) is 11.8 Å². The number of ether oxygens (including phenoxy) is 1. The summed E-state index contributed by atoms with van der Waals surface area (Å²) in [5, 5.41) is 14.4. The van der Waals surface area contributed by atoms with Gasteiger partial charge in [-0.15, -0.1) is 0 Å². The Kier molecular flexibility index (Phi) is 7.56. The number of carboxylic acid groups (broad SMARTS) is 1. The van der Waals surface area contributed by atoms with Crippen molar-refractivity contribution in [3.63, 3.8) is 0 Å². The Morgan fingerprint density at radius 1 is 1.24 bits per heavy atom. The Bertz CT molecular complexity index is 372. The normalized spacial score (nSPS) is 20.8. The molecule has 0 aromatic rings. The van der Waals surface area contributed by atoms with E-state index in [2.05, 4.69) is 10.6 Å². The van der Waals surface area contributed by atoms with Crippen LogP contribution in [0.1, 0.15) is 39.0 Å². The average molecular weight is 300 g/mol. The maximum Gasteiger partial charge on any atom is 0.314 e. The third-order valence-corrected chi connectivity index (χ3v) is 3.65. The monoisotopic (exact) mass is 300 g/mol. The lowest BCUT2D eigenvalue weighted by Gasteiger charge is -2.16. The van der Waals surface area contributed by atoms with Crippen LogP contribution >= 0.6 is 0 Å². The van der Waals surface area contributed by atoms with Crippen LogP contribution in [0.15, 0.2) is 0 Å². The highest BCUT2D eigenvalue weighted by atomic mass is 16.5. The molecule has 0 saturated heterocycles. The summed E-state index contributed by atoms with van der Waals surface area (Å²) in [5.74, 6) is -1.40. The molecule has 2 unspecified atom stereocenters. The molecule has 1 aliphatic rings. The van der Waals surface area contributed by atoms with Gasteiger partial charge < -0.3 is 20.5 Å². The maximum atomic E-state index is 11.6. The minimum Gasteiger partial charge on any atom is -0.481 e. The third kappa shape index (κ3) is 6.46. The topological polar surface area (TPSA) is 105 Å². The molecule has 2 amide bonds. The van der Waals surface area contributed by atoms with Crippen molar-refractivity contribution in [3.05, 3.63) is 0 Å². The quantitative estimate of drug-likeness (QED) is 0.460. The summed E-state index contributed by atoms with van der Waals surface area (Å²) in [6, 6.07) is -0.324. The molecule has 3 N–H and O–H groups in total. The highest BCUT2D eigenvalue weighted by molar-refractivity contribution is 5.74. The molecule has 0 heterocycles. The molecule has 0 bridgehead atoms. The molecule has 7 heteroatoms. The van der Waals surface area contributed by atoms with Gasteiger partial charge in [-0.25, -0.2) is 4.79 Å². The van der Waals surface area contributed by atoms with Crippen molar-refractivity contribution >= 4 is 18.0 Å². The number of aliphatic carboxylic acids is 1. The molecule has 7 nitrogen and oxygen atoms in total. The van der Waals surface area contributed by atoms with Crippen molar-refractivity contribution < 1.29 is 24.2 Å². The van der Waals surface area contributed by atoms with Crippen LogP contribution in [0.3, 0.4) is 0 Å². The second-order valence-corrected chi connectivity index (χ2v) is 5.18.